The van der Waals surface area contributed by atoms with E-state index in [1.807, 2.05) is 6.92 Å². The summed E-state index contributed by atoms with van der Waals surface area (Å²) in [6.45, 7) is 28.8. The zero-order chi connectivity index (χ0) is 35.2. The van der Waals surface area contributed by atoms with Crippen LogP contribution in [-0.2, 0) is 9.59 Å². The number of amides is 3. The predicted octanol–water partition coefficient (Wildman–Crippen LogP) is 8.79. The lowest BCUT2D eigenvalue weighted by atomic mass is 9.71. The summed E-state index contributed by atoms with van der Waals surface area (Å²) in [6, 6.07) is -0.173. The summed E-state index contributed by atoms with van der Waals surface area (Å²) < 4.78 is 0. The third kappa shape index (κ3) is 10.0. The highest BCUT2D eigenvalue weighted by molar-refractivity contribution is 6.06. The largest absolute Gasteiger partial charge is 0.327 e. The number of Topliss-reactive ketones (excluding diaryl/α,β-unsaturated/α-hetero) is 1. The van der Waals surface area contributed by atoms with Crippen LogP contribution in [0.3, 0.4) is 0 Å². The highest BCUT2D eigenvalue weighted by atomic mass is 16.2. The number of imide groups is 1. The van der Waals surface area contributed by atoms with Crippen LogP contribution in [0.2, 0.25) is 0 Å². The van der Waals surface area contributed by atoms with E-state index in [4.69, 9.17) is 0 Å². The van der Waals surface area contributed by atoms with E-state index in [0.717, 1.165) is 31.6 Å². The molecule has 264 valence electrons. The van der Waals surface area contributed by atoms with Crippen molar-refractivity contribution in [2.24, 2.45) is 11.8 Å². The van der Waals surface area contributed by atoms with Gasteiger partial charge in [-0.3, -0.25) is 24.3 Å². The molecule has 3 heterocycles. The van der Waals surface area contributed by atoms with E-state index in [2.05, 4.69) is 93.1 Å². The maximum absolute atomic E-state index is 12.4. The highest BCUT2D eigenvalue weighted by Crippen LogP contribution is 2.42. The standard InChI is InChI=1S/C14H27NO.C14H29N.C10H18N2O2/c1-7-8-9-11-10-13(2,3)15(6)14(4,5)12(11)16;1-7-8-9-12-10-13(2,3)15(6)14(4,5)11-12;1-5-6-7-12-8(13)10(2,3)11(4)9(12)14/h11H,7-10H2,1-6H3;12H,7-11H2,1-6H3;5-7H2,1-4H3. The molecule has 0 radical (unpaired) electrons. The van der Waals surface area contributed by atoms with Gasteiger partial charge in [-0.25, -0.2) is 4.79 Å². The fourth-order valence-corrected chi connectivity index (χ4v) is 7.71. The number of carbonyl (C=O) groups excluding carboxylic acids is 3. The Kier molecular flexibility index (Phi) is 14.9. The molecule has 0 bridgehead atoms. The molecule has 1 atom stereocenters. The smallest absolute Gasteiger partial charge is 0.313 e. The van der Waals surface area contributed by atoms with E-state index < -0.39 is 5.54 Å². The Hall–Kier alpha value is -1.47. The van der Waals surface area contributed by atoms with Crippen LogP contribution in [0.5, 0.6) is 0 Å². The van der Waals surface area contributed by atoms with Crippen LogP contribution in [0.4, 0.5) is 4.79 Å². The third-order valence-corrected chi connectivity index (χ3v) is 11.6. The molecule has 0 N–H and O–H groups in total. The van der Waals surface area contributed by atoms with Gasteiger partial charge in [0, 0.05) is 36.1 Å². The second-order valence-electron chi connectivity index (χ2n) is 17.1. The molecule has 0 aromatic carbocycles. The van der Waals surface area contributed by atoms with Gasteiger partial charge in [0.25, 0.3) is 5.91 Å². The van der Waals surface area contributed by atoms with Gasteiger partial charge in [-0.2, -0.15) is 0 Å². The Balaban J connectivity index is 0.000000338. The zero-order valence-corrected chi connectivity index (χ0v) is 32.7. The first kappa shape index (κ1) is 41.6. The van der Waals surface area contributed by atoms with E-state index >= 15 is 0 Å². The number of likely N-dealkylation sites (N-methyl/N-ethyl adjacent to an activating group) is 2. The Morgan fingerprint density at radius 3 is 1.47 bits per heavy atom. The molecule has 7 heteroatoms. The molecule has 45 heavy (non-hydrogen) atoms. The van der Waals surface area contributed by atoms with Gasteiger partial charge >= 0.3 is 6.03 Å². The van der Waals surface area contributed by atoms with Gasteiger partial charge < -0.3 is 4.90 Å². The molecule has 0 aliphatic carbocycles. The van der Waals surface area contributed by atoms with E-state index in [1.165, 1.54) is 54.7 Å². The van der Waals surface area contributed by atoms with Gasteiger partial charge in [0.2, 0.25) is 0 Å². The Labute approximate surface area is 279 Å². The van der Waals surface area contributed by atoms with Gasteiger partial charge in [0.05, 0.1) is 5.54 Å². The SMILES string of the molecule is CCCCC1CC(C)(C)N(C)C(C)(C)C1.CCCCC1CC(C)(C)N(C)C(C)(C)C1=O.CCCCN1C(=O)N(C)C(C)(C)C1=O. The molecule has 1 unspecified atom stereocenters. The van der Waals surface area contributed by atoms with Crippen molar-refractivity contribution in [3.63, 3.8) is 0 Å². The van der Waals surface area contributed by atoms with E-state index in [0.29, 0.717) is 23.4 Å². The van der Waals surface area contributed by atoms with Crippen molar-refractivity contribution in [2.75, 3.05) is 27.7 Å². The minimum atomic E-state index is -0.676. The number of carbonyl (C=O) groups is 3. The number of likely N-dealkylation sites (tertiary alicyclic amines) is 2. The van der Waals surface area contributed by atoms with E-state index in [9.17, 15) is 14.4 Å². The Bertz CT molecular complexity index is 965. The van der Waals surface area contributed by atoms with Crippen molar-refractivity contribution in [1.82, 2.24) is 19.6 Å². The van der Waals surface area contributed by atoms with Crippen molar-refractivity contribution in [2.45, 2.75) is 188 Å². The minimum Gasteiger partial charge on any atom is -0.313 e. The van der Waals surface area contributed by atoms with Crippen molar-refractivity contribution in [3.05, 3.63) is 0 Å². The first-order chi connectivity index (χ1) is 20.4. The summed E-state index contributed by atoms with van der Waals surface area (Å²) in [5.41, 5.74) is -0.0961. The monoisotopic (exact) mass is 635 g/mol. The molecule has 7 nitrogen and oxygen atoms in total. The maximum atomic E-state index is 12.4. The number of piperidine rings is 2. The van der Waals surface area contributed by atoms with Gasteiger partial charge in [-0.05, 0) is 121 Å². The fourth-order valence-electron chi connectivity index (χ4n) is 7.71. The van der Waals surface area contributed by atoms with Gasteiger partial charge in [0.15, 0.2) is 5.78 Å². The normalized spacial score (nSPS) is 25.9. The molecule has 0 aromatic heterocycles. The Morgan fingerprint density at radius 2 is 1.04 bits per heavy atom. The first-order valence-electron chi connectivity index (χ1n) is 18.1. The topological polar surface area (TPSA) is 64.2 Å². The number of ketones is 1. The molecule has 0 aromatic rings. The molecular formula is C38H74N4O3. The van der Waals surface area contributed by atoms with Crippen LogP contribution >= 0.6 is 0 Å². The molecule has 0 saturated carbocycles. The summed E-state index contributed by atoms with van der Waals surface area (Å²) in [7, 11) is 6.04. The van der Waals surface area contributed by atoms with Gasteiger partial charge in [-0.1, -0.05) is 59.3 Å². The van der Waals surface area contributed by atoms with Crippen molar-refractivity contribution >= 4 is 17.7 Å². The predicted molar refractivity (Wildman–Crippen MR) is 191 cm³/mol. The molecule has 3 saturated heterocycles. The third-order valence-electron chi connectivity index (χ3n) is 11.6. The van der Waals surface area contributed by atoms with Crippen molar-refractivity contribution < 1.29 is 14.4 Å². The van der Waals surface area contributed by atoms with Gasteiger partial charge in [0.1, 0.15) is 5.54 Å². The van der Waals surface area contributed by atoms with Crippen LogP contribution in [0.25, 0.3) is 0 Å². The average Bonchev–Trinajstić information content (AvgIpc) is 3.08. The second-order valence-corrected chi connectivity index (χ2v) is 17.1. The second kappa shape index (κ2) is 16.1. The van der Waals surface area contributed by atoms with E-state index in [-0.39, 0.29) is 28.9 Å². The summed E-state index contributed by atoms with van der Waals surface area (Å²) >= 11 is 0. The number of nitrogens with zero attached hydrogens (tertiary/aromatic N) is 4. The molecule has 3 fully saturated rings. The van der Waals surface area contributed by atoms with E-state index in [1.54, 1.807) is 20.9 Å². The van der Waals surface area contributed by atoms with Crippen molar-refractivity contribution in [1.29, 1.82) is 0 Å². The molecular weight excluding hydrogens is 560 g/mol. The lowest BCUT2D eigenvalue weighted by molar-refractivity contribution is -0.145. The van der Waals surface area contributed by atoms with Crippen LogP contribution < -0.4 is 0 Å². The summed E-state index contributed by atoms with van der Waals surface area (Å²) in [5.74, 6) is 1.55. The van der Waals surface area contributed by atoms with Crippen molar-refractivity contribution in [3.8, 4) is 0 Å². The summed E-state index contributed by atoms with van der Waals surface area (Å²) in [6.07, 6.45) is 13.2. The lowest BCUT2D eigenvalue weighted by Gasteiger charge is -2.54. The molecule has 3 aliphatic heterocycles. The summed E-state index contributed by atoms with van der Waals surface area (Å²) in [5, 5.41) is 0. The molecule has 3 rings (SSSR count). The number of hydrogen-bond acceptors (Lipinski definition) is 5. The van der Waals surface area contributed by atoms with Crippen LogP contribution in [0.1, 0.15) is 161 Å². The number of rotatable bonds is 9. The minimum absolute atomic E-state index is 0.0848. The average molecular weight is 635 g/mol. The number of unbranched alkanes of at least 4 members (excludes halogenated alkanes) is 3. The quantitative estimate of drug-likeness (QED) is 0.237. The fraction of sp³-hybridized carbons (Fsp3) is 0.921. The maximum Gasteiger partial charge on any atom is 0.327 e. The molecule has 3 aliphatic rings. The van der Waals surface area contributed by atoms with Crippen LogP contribution in [0.15, 0.2) is 0 Å². The number of urea groups is 1. The first-order valence-corrected chi connectivity index (χ1v) is 18.1. The van der Waals surface area contributed by atoms with Crippen LogP contribution in [-0.4, -0.2) is 92.7 Å². The van der Waals surface area contributed by atoms with Crippen LogP contribution in [0, 0.1) is 11.8 Å². The van der Waals surface area contributed by atoms with Gasteiger partial charge in [-0.15, -0.1) is 0 Å². The molecule has 3 amide bonds. The zero-order valence-electron chi connectivity index (χ0n) is 32.7. The lowest BCUT2D eigenvalue weighted by Crippen LogP contribution is -2.63. The summed E-state index contributed by atoms with van der Waals surface area (Å²) in [4.78, 5) is 43.6. The number of hydrogen-bond donors (Lipinski definition) is 0. The Morgan fingerprint density at radius 1 is 0.600 bits per heavy atom. The highest BCUT2D eigenvalue weighted by Gasteiger charge is 2.50. The molecule has 0 spiro atoms.